The van der Waals surface area contributed by atoms with E-state index in [-0.39, 0.29) is 5.38 Å². The van der Waals surface area contributed by atoms with Gasteiger partial charge in [-0.05, 0) is 13.8 Å². The van der Waals surface area contributed by atoms with Crippen LogP contribution in [0.5, 0.6) is 0 Å². The lowest BCUT2D eigenvalue weighted by Gasteiger charge is -2.08. The van der Waals surface area contributed by atoms with Gasteiger partial charge in [-0.1, -0.05) is 6.92 Å². The summed E-state index contributed by atoms with van der Waals surface area (Å²) in [5.41, 5.74) is 0.988. The van der Waals surface area contributed by atoms with Crippen LogP contribution in [0, 0.1) is 6.92 Å². The molecule has 78 valence electrons. The molecule has 0 saturated heterocycles. The molecule has 1 unspecified atom stereocenters. The van der Waals surface area contributed by atoms with E-state index in [2.05, 4.69) is 15.3 Å². The predicted molar refractivity (Wildman–Crippen MR) is 60.0 cm³/mol. The van der Waals surface area contributed by atoms with Gasteiger partial charge in [0.15, 0.2) is 0 Å². The van der Waals surface area contributed by atoms with Crippen LogP contribution < -0.4 is 5.32 Å². The molecular formula is C10H16ClN3. The maximum absolute atomic E-state index is 5.84. The highest BCUT2D eigenvalue weighted by Crippen LogP contribution is 2.07. The van der Waals surface area contributed by atoms with Gasteiger partial charge in [0.1, 0.15) is 11.6 Å². The minimum Gasteiger partial charge on any atom is -0.368 e. The number of alkyl halides is 1. The molecule has 0 spiro atoms. The van der Waals surface area contributed by atoms with Crippen LogP contribution in [0.25, 0.3) is 0 Å². The van der Waals surface area contributed by atoms with Crippen molar-refractivity contribution in [2.24, 2.45) is 0 Å². The molecule has 1 N–H and O–H groups in total. The van der Waals surface area contributed by atoms with Gasteiger partial charge in [0.05, 0.1) is 0 Å². The van der Waals surface area contributed by atoms with Gasteiger partial charge in [-0.3, -0.25) is 0 Å². The van der Waals surface area contributed by atoms with Gasteiger partial charge in [-0.2, -0.15) is 0 Å². The number of anilines is 1. The number of nitrogens with one attached hydrogen (secondary N) is 1. The third kappa shape index (κ3) is 3.50. The normalized spacial score (nSPS) is 12.6. The van der Waals surface area contributed by atoms with E-state index in [9.17, 15) is 0 Å². The van der Waals surface area contributed by atoms with Gasteiger partial charge in [0.2, 0.25) is 0 Å². The van der Waals surface area contributed by atoms with Crippen molar-refractivity contribution in [3.63, 3.8) is 0 Å². The predicted octanol–water partition coefficient (Wildman–Crippen LogP) is 2.39. The largest absolute Gasteiger partial charge is 0.368 e. The van der Waals surface area contributed by atoms with E-state index in [1.807, 2.05) is 26.8 Å². The Hall–Kier alpha value is -0.830. The highest BCUT2D eigenvalue weighted by molar-refractivity contribution is 6.20. The van der Waals surface area contributed by atoms with E-state index < -0.39 is 0 Å². The van der Waals surface area contributed by atoms with Crippen LogP contribution in [0.4, 0.5) is 5.82 Å². The fraction of sp³-hybridized carbons (Fsp3) is 0.600. The Labute approximate surface area is 89.9 Å². The van der Waals surface area contributed by atoms with E-state index in [4.69, 9.17) is 11.6 Å². The molecule has 0 aliphatic carbocycles. The second-order valence-corrected chi connectivity index (χ2v) is 4.07. The molecule has 0 radical (unpaired) electrons. The minimum atomic E-state index is 0.107. The lowest BCUT2D eigenvalue weighted by atomic mass is 10.3. The average Bonchev–Trinajstić information content (AvgIpc) is 2.14. The molecular weight excluding hydrogens is 198 g/mol. The molecule has 0 aliphatic rings. The first kappa shape index (κ1) is 11.2. The van der Waals surface area contributed by atoms with E-state index in [1.54, 1.807) is 0 Å². The second-order valence-electron chi connectivity index (χ2n) is 3.33. The van der Waals surface area contributed by atoms with Crippen molar-refractivity contribution in [1.29, 1.82) is 0 Å². The Morgan fingerprint density at radius 1 is 1.50 bits per heavy atom. The first-order valence-corrected chi connectivity index (χ1v) is 5.28. The van der Waals surface area contributed by atoms with Gasteiger partial charge < -0.3 is 5.32 Å². The Morgan fingerprint density at radius 2 is 2.21 bits per heavy atom. The number of halogens is 1. The van der Waals surface area contributed by atoms with Crippen molar-refractivity contribution < 1.29 is 0 Å². The lowest BCUT2D eigenvalue weighted by molar-refractivity contribution is 0.903. The number of aromatic nitrogens is 2. The standard InChI is InChI=1S/C10H16ClN3/c1-4-9-13-8(3)5-10(14-9)12-6-7(2)11/h5,7H,4,6H2,1-3H3,(H,12,13,14). The third-order valence-corrected chi connectivity index (χ3v) is 1.94. The van der Waals surface area contributed by atoms with Crippen LogP contribution in [0.15, 0.2) is 6.07 Å². The number of nitrogens with zero attached hydrogens (tertiary/aromatic N) is 2. The number of aryl methyl sites for hydroxylation is 2. The second kappa shape index (κ2) is 5.15. The monoisotopic (exact) mass is 213 g/mol. The van der Waals surface area contributed by atoms with E-state index in [0.29, 0.717) is 0 Å². The highest BCUT2D eigenvalue weighted by atomic mass is 35.5. The van der Waals surface area contributed by atoms with E-state index >= 15 is 0 Å². The summed E-state index contributed by atoms with van der Waals surface area (Å²) in [6.07, 6.45) is 0.854. The molecule has 1 rings (SSSR count). The summed E-state index contributed by atoms with van der Waals surface area (Å²) in [5, 5.41) is 3.28. The van der Waals surface area contributed by atoms with Gasteiger partial charge in [-0.25, -0.2) is 9.97 Å². The zero-order chi connectivity index (χ0) is 10.6. The van der Waals surface area contributed by atoms with Crippen LogP contribution >= 0.6 is 11.6 Å². The summed E-state index contributed by atoms with van der Waals surface area (Å²) in [6.45, 7) is 6.68. The Kier molecular flexibility index (Phi) is 4.14. The molecule has 1 atom stereocenters. The van der Waals surface area contributed by atoms with Crippen LogP contribution in [-0.4, -0.2) is 21.9 Å². The molecule has 14 heavy (non-hydrogen) atoms. The zero-order valence-corrected chi connectivity index (χ0v) is 9.60. The van der Waals surface area contributed by atoms with E-state index in [0.717, 1.165) is 30.3 Å². The minimum absolute atomic E-state index is 0.107. The quantitative estimate of drug-likeness (QED) is 0.781. The van der Waals surface area contributed by atoms with Crippen LogP contribution in [0.1, 0.15) is 25.4 Å². The Morgan fingerprint density at radius 3 is 2.79 bits per heavy atom. The smallest absolute Gasteiger partial charge is 0.130 e. The first-order valence-electron chi connectivity index (χ1n) is 4.84. The maximum atomic E-state index is 5.84. The van der Waals surface area contributed by atoms with Gasteiger partial charge in [0.25, 0.3) is 0 Å². The summed E-state index contributed by atoms with van der Waals surface area (Å²) in [6, 6.07) is 1.93. The summed E-state index contributed by atoms with van der Waals surface area (Å²) in [7, 11) is 0. The van der Waals surface area contributed by atoms with Crippen molar-refractivity contribution >= 4 is 17.4 Å². The molecule has 0 aliphatic heterocycles. The molecule has 3 nitrogen and oxygen atoms in total. The Balaban J connectivity index is 2.71. The molecule has 0 amide bonds. The third-order valence-electron chi connectivity index (χ3n) is 1.78. The topological polar surface area (TPSA) is 37.8 Å². The molecule has 1 aromatic rings. The fourth-order valence-electron chi connectivity index (χ4n) is 1.12. The number of hydrogen-bond donors (Lipinski definition) is 1. The summed E-state index contributed by atoms with van der Waals surface area (Å²) in [5.74, 6) is 1.73. The van der Waals surface area contributed by atoms with Crippen molar-refractivity contribution in [1.82, 2.24) is 9.97 Å². The number of rotatable bonds is 4. The molecule has 0 saturated carbocycles. The van der Waals surface area contributed by atoms with E-state index in [1.165, 1.54) is 0 Å². The summed E-state index contributed by atoms with van der Waals surface area (Å²) < 4.78 is 0. The van der Waals surface area contributed by atoms with Gasteiger partial charge in [0, 0.05) is 30.1 Å². The van der Waals surface area contributed by atoms with Crippen molar-refractivity contribution in [3.8, 4) is 0 Å². The molecule has 4 heteroatoms. The van der Waals surface area contributed by atoms with Gasteiger partial charge in [-0.15, -0.1) is 11.6 Å². The van der Waals surface area contributed by atoms with Crippen molar-refractivity contribution in [2.75, 3.05) is 11.9 Å². The van der Waals surface area contributed by atoms with Crippen LogP contribution in [0.3, 0.4) is 0 Å². The molecule has 1 aromatic heterocycles. The van der Waals surface area contributed by atoms with Crippen molar-refractivity contribution in [2.45, 2.75) is 32.6 Å². The van der Waals surface area contributed by atoms with Crippen molar-refractivity contribution in [3.05, 3.63) is 17.6 Å². The molecule has 0 bridgehead atoms. The van der Waals surface area contributed by atoms with Crippen LogP contribution in [0.2, 0.25) is 0 Å². The molecule has 0 aromatic carbocycles. The average molecular weight is 214 g/mol. The number of hydrogen-bond acceptors (Lipinski definition) is 3. The van der Waals surface area contributed by atoms with Crippen LogP contribution in [-0.2, 0) is 6.42 Å². The zero-order valence-electron chi connectivity index (χ0n) is 8.84. The first-order chi connectivity index (χ1) is 6.61. The SMILES string of the molecule is CCc1nc(C)cc(NCC(C)Cl)n1. The lowest BCUT2D eigenvalue weighted by Crippen LogP contribution is -2.12. The van der Waals surface area contributed by atoms with Gasteiger partial charge >= 0.3 is 0 Å². The highest BCUT2D eigenvalue weighted by Gasteiger charge is 2.01. The summed E-state index contributed by atoms with van der Waals surface area (Å²) in [4.78, 5) is 8.64. The fourth-order valence-corrected chi connectivity index (χ4v) is 1.20. The maximum Gasteiger partial charge on any atom is 0.130 e. The Bertz CT molecular complexity index is 299. The molecule has 1 heterocycles. The molecule has 0 fully saturated rings. The summed E-state index contributed by atoms with van der Waals surface area (Å²) >= 11 is 5.84.